The fourth-order valence-corrected chi connectivity index (χ4v) is 2.83. The molecule has 1 aromatic carbocycles. The number of aromatic nitrogens is 3. The quantitative estimate of drug-likeness (QED) is 0.678. The first-order valence-corrected chi connectivity index (χ1v) is 7.44. The van der Waals surface area contributed by atoms with Crippen LogP contribution in [0.25, 0.3) is 11.0 Å². The Hall–Kier alpha value is -1.81. The zero-order valence-electron chi connectivity index (χ0n) is 12.6. The summed E-state index contributed by atoms with van der Waals surface area (Å²) in [5, 5.41) is 3.87. The summed E-state index contributed by atoms with van der Waals surface area (Å²) in [7, 11) is 0. The summed E-state index contributed by atoms with van der Waals surface area (Å²) < 4.78 is 7.42. The van der Waals surface area contributed by atoms with Crippen LogP contribution < -0.4 is 0 Å². The lowest BCUT2D eigenvalue weighted by Gasteiger charge is -2.10. The van der Waals surface area contributed by atoms with Crippen molar-refractivity contribution in [3.05, 3.63) is 46.6 Å². The Kier molecular flexibility index (Phi) is 3.49. The van der Waals surface area contributed by atoms with Crippen LogP contribution in [0.5, 0.6) is 0 Å². The van der Waals surface area contributed by atoms with Gasteiger partial charge in [-0.1, -0.05) is 17.3 Å². The van der Waals surface area contributed by atoms with Gasteiger partial charge in [-0.3, -0.25) is 0 Å². The van der Waals surface area contributed by atoms with Gasteiger partial charge < -0.3 is 9.09 Å². The molecule has 1 unspecified atom stereocenters. The maximum Gasteiger partial charge on any atom is 0.138 e. The van der Waals surface area contributed by atoms with Gasteiger partial charge >= 0.3 is 0 Å². The van der Waals surface area contributed by atoms with E-state index in [1.807, 2.05) is 26.8 Å². The first-order valence-electron chi connectivity index (χ1n) is 7.00. The second-order valence-electron chi connectivity index (χ2n) is 5.42. The lowest BCUT2D eigenvalue weighted by molar-refractivity contribution is 0.392. The number of benzene rings is 1. The smallest absolute Gasteiger partial charge is 0.138 e. The Morgan fingerprint density at radius 2 is 2.05 bits per heavy atom. The third-order valence-electron chi connectivity index (χ3n) is 3.86. The summed E-state index contributed by atoms with van der Waals surface area (Å²) in [6.07, 6.45) is 0. The molecule has 0 aliphatic rings. The van der Waals surface area contributed by atoms with Crippen molar-refractivity contribution in [2.75, 3.05) is 0 Å². The molecule has 3 rings (SSSR count). The first-order chi connectivity index (χ1) is 9.99. The van der Waals surface area contributed by atoms with Gasteiger partial charge in [0.2, 0.25) is 0 Å². The predicted octanol–water partition coefficient (Wildman–Crippen LogP) is 4.30. The second kappa shape index (κ2) is 5.19. The van der Waals surface area contributed by atoms with Crippen LogP contribution in [-0.2, 0) is 6.54 Å². The molecule has 0 saturated carbocycles. The number of hydrogen-bond donors (Lipinski definition) is 0. The van der Waals surface area contributed by atoms with Crippen LogP contribution in [0.15, 0.2) is 22.7 Å². The highest BCUT2D eigenvalue weighted by Crippen LogP contribution is 2.28. The summed E-state index contributed by atoms with van der Waals surface area (Å²) in [5.41, 5.74) is 5.26. The van der Waals surface area contributed by atoms with E-state index < -0.39 is 0 Å². The van der Waals surface area contributed by atoms with Crippen molar-refractivity contribution >= 4 is 22.6 Å². The Labute approximate surface area is 128 Å². The molecule has 2 heterocycles. The van der Waals surface area contributed by atoms with Gasteiger partial charge in [-0.05, 0) is 39.3 Å². The van der Waals surface area contributed by atoms with E-state index in [4.69, 9.17) is 21.1 Å². The fraction of sp³-hybridized carbons (Fsp3) is 0.375. The molecule has 21 heavy (non-hydrogen) atoms. The van der Waals surface area contributed by atoms with E-state index in [1.165, 1.54) is 0 Å². The van der Waals surface area contributed by atoms with Crippen molar-refractivity contribution in [2.45, 2.75) is 39.6 Å². The maximum atomic E-state index is 6.33. The summed E-state index contributed by atoms with van der Waals surface area (Å²) in [6, 6.07) is 6.19. The molecular formula is C16H18ClN3O. The zero-order chi connectivity index (χ0) is 15.1. The molecule has 0 saturated heterocycles. The summed E-state index contributed by atoms with van der Waals surface area (Å²) in [5.74, 6) is 1.72. The van der Waals surface area contributed by atoms with E-state index in [1.54, 1.807) is 0 Å². The number of halogens is 1. The average molecular weight is 304 g/mol. The number of fused-ring (bicyclic) bond motifs is 1. The molecule has 0 fully saturated rings. The van der Waals surface area contributed by atoms with Gasteiger partial charge in [0.1, 0.15) is 11.6 Å². The molecule has 0 aliphatic carbocycles. The van der Waals surface area contributed by atoms with Gasteiger partial charge in [-0.25, -0.2) is 4.98 Å². The van der Waals surface area contributed by atoms with Gasteiger partial charge in [0.05, 0.1) is 28.6 Å². The second-order valence-corrected chi connectivity index (χ2v) is 6.07. The molecular weight excluding hydrogens is 286 g/mol. The largest absolute Gasteiger partial charge is 0.361 e. The Morgan fingerprint density at radius 3 is 2.67 bits per heavy atom. The zero-order valence-corrected chi connectivity index (χ0v) is 13.4. The highest BCUT2D eigenvalue weighted by molar-refractivity contribution is 6.20. The van der Waals surface area contributed by atoms with E-state index in [9.17, 15) is 0 Å². The third-order valence-corrected chi connectivity index (χ3v) is 4.06. The van der Waals surface area contributed by atoms with Gasteiger partial charge in [-0.2, -0.15) is 0 Å². The highest BCUT2D eigenvalue weighted by Gasteiger charge is 2.19. The molecule has 4 nitrogen and oxygen atoms in total. The molecule has 110 valence electrons. The lowest BCUT2D eigenvalue weighted by atomic mass is 10.2. The van der Waals surface area contributed by atoms with Crippen LogP contribution in [0.2, 0.25) is 0 Å². The number of rotatable bonds is 3. The molecule has 3 aromatic rings. The van der Waals surface area contributed by atoms with Crippen LogP contribution in [0.3, 0.4) is 0 Å². The summed E-state index contributed by atoms with van der Waals surface area (Å²) >= 11 is 6.33. The van der Waals surface area contributed by atoms with Gasteiger partial charge in [0.25, 0.3) is 0 Å². The lowest BCUT2D eigenvalue weighted by Crippen LogP contribution is -2.07. The van der Waals surface area contributed by atoms with Gasteiger partial charge in [-0.15, -0.1) is 11.6 Å². The van der Waals surface area contributed by atoms with Crippen molar-refractivity contribution in [3.63, 3.8) is 0 Å². The number of aryl methyl sites for hydroxylation is 3. The van der Waals surface area contributed by atoms with Gasteiger partial charge in [0, 0.05) is 5.56 Å². The minimum atomic E-state index is -0.155. The fourth-order valence-electron chi connectivity index (χ4n) is 2.66. The van der Waals surface area contributed by atoms with Crippen LogP contribution in [0.1, 0.15) is 40.7 Å². The van der Waals surface area contributed by atoms with Crippen LogP contribution in [-0.4, -0.2) is 14.7 Å². The monoisotopic (exact) mass is 303 g/mol. The van der Waals surface area contributed by atoms with Crippen molar-refractivity contribution in [2.24, 2.45) is 0 Å². The number of imidazole rings is 1. The van der Waals surface area contributed by atoms with Gasteiger partial charge in [0.15, 0.2) is 0 Å². The van der Waals surface area contributed by atoms with E-state index in [-0.39, 0.29) is 5.38 Å². The van der Waals surface area contributed by atoms with Crippen molar-refractivity contribution < 1.29 is 4.52 Å². The molecule has 0 amide bonds. The SMILES string of the molecule is Cc1noc(C)c1Cn1c(C(C)Cl)nc2c(C)cccc21. The van der Waals surface area contributed by atoms with Crippen molar-refractivity contribution in [1.82, 2.24) is 14.7 Å². The molecule has 0 spiro atoms. The van der Waals surface area contributed by atoms with Crippen LogP contribution >= 0.6 is 11.6 Å². The predicted molar refractivity (Wildman–Crippen MR) is 83.8 cm³/mol. The Bertz CT molecular complexity index is 782. The topological polar surface area (TPSA) is 43.9 Å². The number of hydrogen-bond acceptors (Lipinski definition) is 3. The van der Waals surface area contributed by atoms with Crippen LogP contribution in [0, 0.1) is 20.8 Å². The van der Waals surface area contributed by atoms with Crippen molar-refractivity contribution in [1.29, 1.82) is 0 Å². The van der Waals surface area contributed by atoms with E-state index >= 15 is 0 Å². The minimum Gasteiger partial charge on any atom is -0.361 e. The Balaban J connectivity index is 2.21. The normalized spacial score (nSPS) is 13.0. The average Bonchev–Trinajstić information content (AvgIpc) is 2.96. The molecule has 0 radical (unpaired) electrons. The Morgan fingerprint density at radius 1 is 1.29 bits per heavy atom. The van der Waals surface area contributed by atoms with Crippen LogP contribution in [0.4, 0.5) is 0 Å². The third kappa shape index (κ3) is 2.33. The molecule has 2 aromatic heterocycles. The van der Waals surface area contributed by atoms with E-state index in [0.717, 1.165) is 39.4 Å². The highest BCUT2D eigenvalue weighted by atomic mass is 35.5. The standard InChI is InChI=1S/C16H18ClN3O/c1-9-6-5-7-14-15(9)18-16(10(2)17)20(14)8-13-11(3)19-21-12(13)4/h5-7,10H,8H2,1-4H3. The first kappa shape index (κ1) is 14.1. The summed E-state index contributed by atoms with van der Waals surface area (Å²) in [6.45, 7) is 8.58. The molecule has 5 heteroatoms. The number of nitrogens with zero attached hydrogens (tertiary/aromatic N) is 3. The maximum absolute atomic E-state index is 6.33. The number of para-hydroxylation sites is 1. The minimum absolute atomic E-state index is 0.155. The van der Waals surface area contributed by atoms with Crippen molar-refractivity contribution in [3.8, 4) is 0 Å². The molecule has 0 bridgehead atoms. The molecule has 0 aliphatic heterocycles. The number of alkyl halides is 1. The molecule has 1 atom stereocenters. The van der Waals surface area contributed by atoms with E-state index in [0.29, 0.717) is 6.54 Å². The molecule has 0 N–H and O–H groups in total. The van der Waals surface area contributed by atoms with E-state index in [2.05, 4.69) is 28.8 Å². The summed E-state index contributed by atoms with van der Waals surface area (Å²) in [4.78, 5) is 4.73.